The molecule has 0 aliphatic carbocycles. The van der Waals surface area contributed by atoms with E-state index >= 15 is 0 Å². The fourth-order valence-corrected chi connectivity index (χ4v) is 2.19. The maximum atomic E-state index is 11.7. The van der Waals surface area contributed by atoms with Crippen molar-refractivity contribution in [3.63, 3.8) is 0 Å². The topological polar surface area (TPSA) is 69.6 Å². The Morgan fingerprint density at radius 1 is 1.33 bits per heavy atom. The first-order chi connectivity index (χ1) is 8.50. The molecule has 3 N–H and O–H groups in total. The van der Waals surface area contributed by atoms with Gasteiger partial charge in [-0.1, -0.05) is 18.2 Å². The number of hydrogen-bond acceptors (Lipinski definition) is 4. The first-order valence-corrected chi connectivity index (χ1v) is 6.70. The second-order valence-corrected chi connectivity index (χ2v) is 5.50. The van der Waals surface area contributed by atoms with Crippen LogP contribution in [0.4, 0.5) is 0 Å². The summed E-state index contributed by atoms with van der Waals surface area (Å²) in [6, 6.07) is 7.84. The van der Waals surface area contributed by atoms with Crippen molar-refractivity contribution in [2.45, 2.75) is 24.3 Å². The lowest BCUT2D eigenvalue weighted by Crippen LogP contribution is -2.52. The molecule has 1 aromatic carbocycles. The molecule has 0 spiro atoms. The summed E-state index contributed by atoms with van der Waals surface area (Å²) in [7, 11) is 0. The largest absolute Gasteiger partial charge is 0.394 e. The van der Waals surface area contributed by atoms with E-state index in [-0.39, 0.29) is 24.9 Å². The van der Waals surface area contributed by atoms with Crippen LogP contribution in [0.15, 0.2) is 29.2 Å². The number of hydrogen-bond donors (Lipinski definition) is 3. The van der Waals surface area contributed by atoms with Crippen molar-refractivity contribution < 1.29 is 15.0 Å². The van der Waals surface area contributed by atoms with Crippen molar-refractivity contribution in [1.29, 1.82) is 0 Å². The lowest BCUT2D eigenvalue weighted by atomic mass is 10.1. The van der Waals surface area contributed by atoms with Gasteiger partial charge in [-0.05, 0) is 25.5 Å². The molecule has 0 atom stereocenters. The summed E-state index contributed by atoms with van der Waals surface area (Å²) in [5, 5.41) is 20.8. The molecule has 0 aromatic heterocycles. The second kappa shape index (κ2) is 6.78. The third-order valence-corrected chi connectivity index (χ3v) is 3.77. The number of carbonyl (C=O) groups is 1. The number of thioether (sulfide) groups is 1. The highest BCUT2D eigenvalue weighted by atomic mass is 32.2. The molecule has 18 heavy (non-hydrogen) atoms. The van der Waals surface area contributed by atoms with Crippen LogP contribution in [0.5, 0.6) is 0 Å². The van der Waals surface area contributed by atoms with E-state index in [0.717, 1.165) is 10.5 Å². The van der Waals surface area contributed by atoms with Crippen molar-refractivity contribution in [1.82, 2.24) is 5.32 Å². The molecular weight excluding hydrogens is 250 g/mol. The minimum Gasteiger partial charge on any atom is -0.394 e. The summed E-state index contributed by atoms with van der Waals surface area (Å²) in [4.78, 5) is 12.8. The Kier molecular flexibility index (Phi) is 5.65. The molecule has 0 saturated heterocycles. The smallest absolute Gasteiger partial charge is 0.230 e. The predicted molar refractivity (Wildman–Crippen MR) is 72.6 cm³/mol. The van der Waals surface area contributed by atoms with Crippen LogP contribution < -0.4 is 5.32 Å². The molecule has 100 valence electrons. The van der Waals surface area contributed by atoms with Gasteiger partial charge in [0.15, 0.2) is 0 Å². The van der Waals surface area contributed by atoms with E-state index in [4.69, 9.17) is 10.2 Å². The SMILES string of the molecule is Cc1ccccc1SCC(=O)NC(C)(CO)CO. The first-order valence-electron chi connectivity index (χ1n) is 5.72. The van der Waals surface area contributed by atoms with Crippen LogP contribution in [-0.4, -0.2) is 40.6 Å². The molecule has 0 aliphatic heterocycles. The van der Waals surface area contributed by atoms with E-state index in [9.17, 15) is 4.79 Å². The Morgan fingerprint density at radius 2 is 1.94 bits per heavy atom. The summed E-state index contributed by atoms with van der Waals surface area (Å²) in [5.74, 6) is 0.0642. The van der Waals surface area contributed by atoms with E-state index in [1.807, 2.05) is 31.2 Å². The van der Waals surface area contributed by atoms with Crippen LogP contribution >= 0.6 is 11.8 Å². The number of rotatable bonds is 6. The minimum atomic E-state index is -0.955. The minimum absolute atomic E-state index is 0.200. The Hall–Kier alpha value is -1.04. The zero-order valence-corrected chi connectivity index (χ0v) is 11.5. The molecule has 0 unspecified atom stereocenters. The monoisotopic (exact) mass is 269 g/mol. The van der Waals surface area contributed by atoms with Gasteiger partial charge in [-0.3, -0.25) is 4.79 Å². The third-order valence-electron chi connectivity index (χ3n) is 2.59. The van der Waals surface area contributed by atoms with Gasteiger partial charge in [-0.25, -0.2) is 0 Å². The number of nitrogens with one attached hydrogen (secondary N) is 1. The van der Waals surface area contributed by atoms with Crippen LogP contribution in [0.25, 0.3) is 0 Å². The van der Waals surface area contributed by atoms with Crippen LogP contribution in [0, 0.1) is 6.92 Å². The number of amides is 1. The van der Waals surface area contributed by atoms with E-state index in [2.05, 4.69) is 5.32 Å². The van der Waals surface area contributed by atoms with Crippen molar-refractivity contribution in [3.8, 4) is 0 Å². The number of benzene rings is 1. The molecule has 0 aliphatic rings. The highest BCUT2D eigenvalue weighted by Crippen LogP contribution is 2.21. The number of aryl methyl sites for hydroxylation is 1. The van der Waals surface area contributed by atoms with Gasteiger partial charge < -0.3 is 15.5 Å². The Morgan fingerprint density at radius 3 is 2.50 bits per heavy atom. The van der Waals surface area contributed by atoms with Gasteiger partial charge in [-0.2, -0.15) is 0 Å². The van der Waals surface area contributed by atoms with E-state index in [1.54, 1.807) is 6.92 Å². The Labute approximate surface area is 111 Å². The van der Waals surface area contributed by atoms with Crippen LogP contribution in [0.2, 0.25) is 0 Å². The average molecular weight is 269 g/mol. The van der Waals surface area contributed by atoms with Crippen molar-refractivity contribution in [2.75, 3.05) is 19.0 Å². The van der Waals surface area contributed by atoms with E-state index in [0.29, 0.717) is 0 Å². The molecule has 5 heteroatoms. The standard InChI is InChI=1S/C13H19NO3S/c1-10-5-3-4-6-11(10)18-7-12(17)14-13(2,8-15)9-16/h3-6,15-16H,7-9H2,1-2H3,(H,14,17). The molecule has 1 rings (SSSR count). The summed E-state index contributed by atoms with van der Waals surface area (Å²) >= 11 is 1.44. The van der Waals surface area contributed by atoms with Gasteiger partial charge in [0.2, 0.25) is 5.91 Å². The fourth-order valence-electron chi connectivity index (χ4n) is 1.36. The van der Waals surface area contributed by atoms with Crippen LogP contribution in [-0.2, 0) is 4.79 Å². The Bertz CT molecular complexity index is 405. The highest BCUT2D eigenvalue weighted by Gasteiger charge is 2.24. The molecule has 0 radical (unpaired) electrons. The normalized spacial score (nSPS) is 11.3. The van der Waals surface area contributed by atoms with Crippen molar-refractivity contribution in [2.24, 2.45) is 0 Å². The lowest BCUT2D eigenvalue weighted by Gasteiger charge is -2.26. The summed E-state index contributed by atoms with van der Waals surface area (Å²) < 4.78 is 0. The molecule has 4 nitrogen and oxygen atoms in total. The third kappa shape index (κ3) is 4.33. The zero-order chi connectivity index (χ0) is 13.6. The first kappa shape index (κ1) is 15.0. The molecule has 0 saturated carbocycles. The lowest BCUT2D eigenvalue weighted by molar-refractivity contribution is -0.121. The van der Waals surface area contributed by atoms with Gasteiger partial charge in [-0.15, -0.1) is 11.8 Å². The number of aliphatic hydroxyl groups excluding tert-OH is 2. The maximum Gasteiger partial charge on any atom is 0.230 e. The van der Waals surface area contributed by atoms with Gasteiger partial charge in [0.25, 0.3) is 0 Å². The molecule has 0 bridgehead atoms. The maximum absolute atomic E-state index is 11.7. The quantitative estimate of drug-likeness (QED) is 0.672. The number of aliphatic hydroxyl groups is 2. The molecule has 0 heterocycles. The highest BCUT2D eigenvalue weighted by molar-refractivity contribution is 8.00. The average Bonchev–Trinajstić information content (AvgIpc) is 2.37. The summed E-state index contributed by atoms with van der Waals surface area (Å²) in [6.07, 6.45) is 0. The molecular formula is C13H19NO3S. The van der Waals surface area contributed by atoms with Crippen molar-refractivity contribution in [3.05, 3.63) is 29.8 Å². The molecule has 0 fully saturated rings. The van der Waals surface area contributed by atoms with Gasteiger partial charge in [0.1, 0.15) is 0 Å². The molecule has 1 amide bonds. The zero-order valence-electron chi connectivity index (χ0n) is 10.6. The summed E-state index contributed by atoms with van der Waals surface area (Å²) in [6.45, 7) is 3.02. The van der Waals surface area contributed by atoms with Crippen LogP contribution in [0.1, 0.15) is 12.5 Å². The predicted octanol–water partition coefficient (Wildman–Crippen LogP) is 0.947. The molecule has 1 aromatic rings. The van der Waals surface area contributed by atoms with Crippen LogP contribution in [0.3, 0.4) is 0 Å². The van der Waals surface area contributed by atoms with Gasteiger partial charge in [0.05, 0.1) is 24.5 Å². The Balaban J connectivity index is 2.50. The van der Waals surface area contributed by atoms with E-state index < -0.39 is 5.54 Å². The van der Waals surface area contributed by atoms with Crippen molar-refractivity contribution >= 4 is 17.7 Å². The van der Waals surface area contributed by atoms with Gasteiger partial charge in [0, 0.05) is 4.90 Å². The number of carbonyl (C=O) groups excluding carboxylic acids is 1. The summed E-state index contributed by atoms with van der Waals surface area (Å²) in [5.41, 5.74) is 0.172. The van der Waals surface area contributed by atoms with Gasteiger partial charge >= 0.3 is 0 Å². The fraction of sp³-hybridized carbons (Fsp3) is 0.462. The second-order valence-electron chi connectivity index (χ2n) is 4.48. The van der Waals surface area contributed by atoms with E-state index in [1.165, 1.54) is 11.8 Å².